The first kappa shape index (κ1) is 17.6. The molecule has 0 saturated carbocycles. The summed E-state index contributed by atoms with van der Waals surface area (Å²) in [6.45, 7) is 1.90. The first-order chi connectivity index (χ1) is 12.6. The minimum atomic E-state index is -0.265. The summed E-state index contributed by atoms with van der Waals surface area (Å²) >= 11 is 0. The number of ether oxygens (including phenoxy) is 3. The zero-order valence-corrected chi connectivity index (χ0v) is 15.1. The van der Waals surface area contributed by atoms with Gasteiger partial charge < -0.3 is 19.5 Å². The molecule has 0 unspecified atom stereocenters. The van der Waals surface area contributed by atoms with Crippen LogP contribution in [-0.4, -0.2) is 37.4 Å². The second-order valence-corrected chi connectivity index (χ2v) is 5.79. The second-order valence-electron chi connectivity index (χ2n) is 5.79. The number of aromatic nitrogens is 2. The first-order valence-electron chi connectivity index (χ1n) is 8.12. The number of H-pyrrole nitrogens is 1. The van der Waals surface area contributed by atoms with Gasteiger partial charge in [-0.2, -0.15) is 5.10 Å². The van der Waals surface area contributed by atoms with E-state index in [0.717, 1.165) is 16.5 Å². The third-order valence-corrected chi connectivity index (χ3v) is 4.26. The van der Waals surface area contributed by atoms with Crippen LogP contribution in [0.3, 0.4) is 0 Å². The molecule has 0 spiro atoms. The van der Waals surface area contributed by atoms with Crippen LogP contribution in [0.5, 0.6) is 17.2 Å². The fourth-order valence-electron chi connectivity index (χ4n) is 2.88. The smallest absolute Gasteiger partial charge is 0.252 e. The lowest BCUT2D eigenvalue weighted by Crippen LogP contribution is -2.26. The lowest BCUT2D eigenvalue weighted by atomic mass is 10.1. The van der Waals surface area contributed by atoms with Gasteiger partial charge in [-0.1, -0.05) is 6.07 Å². The van der Waals surface area contributed by atoms with Crippen molar-refractivity contribution >= 4 is 16.8 Å². The van der Waals surface area contributed by atoms with E-state index in [-0.39, 0.29) is 11.9 Å². The summed E-state index contributed by atoms with van der Waals surface area (Å²) in [6.07, 6.45) is 1.65. The van der Waals surface area contributed by atoms with Crippen molar-refractivity contribution < 1.29 is 19.0 Å². The van der Waals surface area contributed by atoms with Crippen molar-refractivity contribution in [3.63, 3.8) is 0 Å². The van der Waals surface area contributed by atoms with Crippen molar-refractivity contribution in [2.24, 2.45) is 0 Å². The molecule has 0 bridgehead atoms. The van der Waals surface area contributed by atoms with Crippen molar-refractivity contribution in [2.75, 3.05) is 21.3 Å². The van der Waals surface area contributed by atoms with Gasteiger partial charge in [0.2, 0.25) is 5.75 Å². The number of rotatable bonds is 6. The number of amides is 1. The molecule has 1 atom stereocenters. The van der Waals surface area contributed by atoms with Gasteiger partial charge in [0.1, 0.15) is 0 Å². The van der Waals surface area contributed by atoms with Crippen LogP contribution >= 0.6 is 0 Å². The Labute approximate surface area is 151 Å². The molecule has 0 saturated heterocycles. The molecule has 2 N–H and O–H groups in total. The number of carbonyl (C=O) groups is 1. The van der Waals surface area contributed by atoms with E-state index in [2.05, 4.69) is 15.5 Å². The number of benzene rings is 2. The zero-order valence-electron chi connectivity index (χ0n) is 15.1. The molecular weight excluding hydrogens is 334 g/mol. The molecule has 26 heavy (non-hydrogen) atoms. The molecule has 136 valence electrons. The van der Waals surface area contributed by atoms with Crippen LogP contribution in [0.1, 0.15) is 28.9 Å². The van der Waals surface area contributed by atoms with E-state index in [1.165, 1.54) is 0 Å². The van der Waals surface area contributed by atoms with Gasteiger partial charge in [-0.15, -0.1) is 0 Å². The molecule has 1 amide bonds. The first-order valence-corrected chi connectivity index (χ1v) is 8.12. The Kier molecular flexibility index (Phi) is 4.97. The largest absolute Gasteiger partial charge is 0.493 e. The SMILES string of the molecule is COc1cc([C@@H](C)NC(=O)c2cccc3[nH]ncc23)cc(OC)c1OC. The third kappa shape index (κ3) is 3.15. The third-order valence-electron chi connectivity index (χ3n) is 4.26. The highest BCUT2D eigenvalue weighted by Gasteiger charge is 2.19. The number of carbonyl (C=O) groups excluding carboxylic acids is 1. The van der Waals surface area contributed by atoms with E-state index in [1.54, 1.807) is 33.6 Å². The average Bonchev–Trinajstić information content (AvgIpc) is 3.15. The van der Waals surface area contributed by atoms with Gasteiger partial charge in [0, 0.05) is 5.39 Å². The molecule has 1 heterocycles. The fourth-order valence-corrected chi connectivity index (χ4v) is 2.88. The number of nitrogens with one attached hydrogen (secondary N) is 2. The van der Waals surface area contributed by atoms with Gasteiger partial charge in [-0.05, 0) is 36.8 Å². The van der Waals surface area contributed by atoms with E-state index in [1.807, 2.05) is 31.2 Å². The Hall–Kier alpha value is -3.22. The van der Waals surface area contributed by atoms with Gasteiger partial charge in [-0.3, -0.25) is 9.89 Å². The number of fused-ring (bicyclic) bond motifs is 1. The molecule has 0 radical (unpaired) electrons. The molecule has 3 rings (SSSR count). The Morgan fingerprint density at radius 3 is 2.42 bits per heavy atom. The van der Waals surface area contributed by atoms with Gasteiger partial charge >= 0.3 is 0 Å². The van der Waals surface area contributed by atoms with Crippen LogP contribution in [0.15, 0.2) is 36.5 Å². The van der Waals surface area contributed by atoms with Crippen molar-refractivity contribution in [1.82, 2.24) is 15.5 Å². The predicted molar refractivity (Wildman–Crippen MR) is 98.1 cm³/mol. The minimum Gasteiger partial charge on any atom is -0.493 e. The van der Waals surface area contributed by atoms with Crippen molar-refractivity contribution in [2.45, 2.75) is 13.0 Å². The monoisotopic (exact) mass is 355 g/mol. The Bertz CT molecular complexity index is 910. The zero-order chi connectivity index (χ0) is 18.7. The van der Waals surface area contributed by atoms with Crippen molar-refractivity contribution in [3.05, 3.63) is 47.7 Å². The molecule has 0 aliphatic carbocycles. The number of aromatic amines is 1. The van der Waals surface area contributed by atoms with E-state index in [4.69, 9.17) is 14.2 Å². The lowest BCUT2D eigenvalue weighted by Gasteiger charge is -2.19. The van der Waals surface area contributed by atoms with Crippen LogP contribution in [0.4, 0.5) is 0 Å². The summed E-state index contributed by atoms with van der Waals surface area (Å²) < 4.78 is 16.1. The molecule has 7 heteroatoms. The Morgan fingerprint density at radius 1 is 1.12 bits per heavy atom. The summed E-state index contributed by atoms with van der Waals surface area (Å²) in [6, 6.07) is 8.85. The number of hydrogen-bond acceptors (Lipinski definition) is 5. The maximum absolute atomic E-state index is 12.7. The number of hydrogen-bond donors (Lipinski definition) is 2. The number of methoxy groups -OCH3 is 3. The van der Waals surface area contributed by atoms with Gasteiger partial charge in [0.25, 0.3) is 5.91 Å². The Balaban J connectivity index is 1.89. The van der Waals surface area contributed by atoms with E-state index in [0.29, 0.717) is 22.8 Å². The van der Waals surface area contributed by atoms with Gasteiger partial charge in [0.05, 0.1) is 44.6 Å². The van der Waals surface area contributed by atoms with Crippen LogP contribution in [0, 0.1) is 0 Å². The van der Waals surface area contributed by atoms with Crippen LogP contribution in [0.2, 0.25) is 0 Å². The fraction of sp³-hybridized carbons (Fsp3) is 0.263. The molecule has 7 nitrogen and oxygen atoms in total. The quantitative estimate of drug-likeness (QED) is 0.710. The maximum Gasteiger partial charge on any atom is 0.252 e. The molecule has 0 fully saturated rings. The van der Waals surface area contributed by atoms with E-state index >= 15 is 0 Å². The Morgan fingerprint density at radius 2 is 1.81 bits per heavy atom. The minimum absolute atomic E-state index is 0.182. The van der Waals surface area contributed by atoms with Crippen LogP contribution in [0.25, 0.3) is 10.9 Å². The summed E-state index contributed by atoms with van der Waals surface area (Å²) in [5.41, 5.74) is 2.22. The van der Waals surface area contributed by atoms with Crippen LogP contribution in [-0.2, 0) is 0 Å². The lowest BCUT2D eigenvalue weighted by molar-refractivity contribution is 0.0941. The summed E-state index contributed by atoms with van der Waals surface area (Å²) in [7, 11) is 4.67. The normalized spacial score (nSPS) is 11.8. The standard InChI is InChI=1S/C19H21N3O4/c1-11(12-8-16(24-2)18(26-4)17(9-12)25-3)21-19(23)13-6-5-7-15-14(13)10-20-22-15/h5-11H,1-4H3,(H,20,22)(H,21,23)/t11-/m1/s1. The average molecular weight is 355 g/mol. The highest BCUT2D eigenvalue weighted by molar-refractivity contribution is 6.06. The van der Waals surface area contributed by atoms with Crippen molar-refractivity contribution in [1.29, 1.82) is 0 Å². The molecule has 2 aromatic carbocycles. The summed E-state index contributed by atoms with van der Waals surface area (Å²) in [5.74, 6) is 1.42. The van der Waals surface area contributed by atoms with Crippen LogP contribution < -0.4 is 19.5 Å². The molecule has 3 aromatic rings. The van der Waals surface area contributed by atoms with Gasteiger partial charge in [-0.25, -0.2) is 0 Å². The van der Waals surface area contributed by atoms with Gasteiger partial charge in [0.15, 0.2) is 11.5 Å². The highest BCUT2D eigenvalue weighted by Crippen LogP contribution is 2.39. The summed E-state index contributed by atoms with van der Waals surface area (Å²) in [4.78, 5) is 12.7. The topological polar surface area (TPSA) is 85.5 Å². The highest BCUT2D eigenvalue weighted by atomic mass is 16.5. The van der Waals surface area contributed by atoms with E-state index in [9.17, 15) is 4.79 Å². The van der Waals surface area contributed by atoms with Crippen molar-refractivity contribution in [3.8, 4) is 17.2 Å². The maximum atomic E-state index is 12.7. The molecular formula is C19H21N3O4. The predicted octanol–water partition coefficient (Wildman–Crippen LogP) is 3.08. The molecule has 0 aliphatic heterocycles. The second kappa shape index (κ2) is 7.35. The summed E-state index contributed by atoms with van der Waals surface area (Å²) in [5, 5.41) is 10.6. The molecule has 1 aromatic heterocycles. The number of nitrogens with zero attached hydrogens (tertiary/aromatic N) is 1. The van der Waals surface area contributed by atoms with E-state index < -0.39 is 0 Å². The molecule has 0 aliphatic rings.